The molecule has 204 valence electrons. The lowest BCUT2D eigenvalue weighted by Gasteiger charge is -2.29. The average molecular weight is 511 g/mol. The minimum absolute atomic E-state index is 0.0119. The van der Waals surface area contributed by atoms with Gasteiger partial charge in [-0.25, -0.2) is 0 Å². The van der Waals surface area contributed by atoms with Gasteiger partial charge in [-0.3, -0.25) is 0 Å². The first-order valence-corrected chi connectivity index (χ1v) is 15.2. The van der Waals surface area contributed by atoms with Crippen LogP contribution < -0.4 is 0 Å². The summed E-state index contributed by atoms with van der Waals surface area (Å²) in [6, 6.07) is 15.5. The fraction of sp³-hybridized carbons (Fsp3) is 0.647. The second kappa shape index (κ2) is 13.9. The topological polar surface area (TPSA) is 9.23 Å². The van der Waals surface area contributed by atoms with Gasteiger partial charge in [-0.15, -0.1) is 0 Å². The van der Waals surface area contributed by atoms with E-state index in [0.29, 0.717) is 18.3 Å². The van der Waals surface area contributed by atoms with Crippen LogP contribution in [0.5, 0.6) is 0 Å². The Hall–Kier alpha value is -1.74. The van der Waals surface area contributed by atoms with Crippen LogP contribution in [0, 0.1) is 11.8 Å². The Morgan fingerprint density at radius 3 is 1.78 bits per heavy atom. The number of benzene rings is 2. The van der Waals surface area contributed by atoms with Gasteiger partial charge in [0.2, 0.25) is 0 Å². The van der Waals surface area contributed by atoms with Gasteiger partial charge in [0.25, 0.3) is 0 Å². The summed E-state index contributed by atoms with van der Waals surface area (Å²) < 4.78 is 34.6. The summed E-state index contributed by atoms with van der Waals surface area (Å²) in [7, 11) is 0. The highest BCUT2D eigenvalue weighted by atomic mass is 19.3. The summed E-state index contributed by atoms with van der Waals surface area (Å²) >= 11 is 0. The van der Waals surface area contributed by atoms with Crippen molar-refractivity contribution < 1.29 is 13.5 Å². The van der Waals surface area contributed by atoms with Gasteiger partial charge in [0.05, 0.1) is 12.2 Å². The van der Waals surface area contributed by atoms with Crippen LogP contribution in [0.25, 0.3) is 0 Å². The van der Waals surface area contributed by atoms with Gasteiger partial charge >= 0.3 is 6.11 Å². The summed E-state index contributed by atoms with van der Waals surface area (Å²) in [6.07, 6.45) is 14.0. The molecule has 0 aromatic heterocycles. The molecule has 0 N–H and O–H groups in total. The Labute approximate surface area is 224 Å². The smallest absolute Gasteiger partial charge is 0.316 e. The molecule has 4 rings (SSSR count). The molecule has 0 heterocycles. The maximum absolute atomic E-state index is 14.7. The Morgan fingerprint density at radius 1 is 0.703 bits per heavy atom. The minimum Gasteiger partial charge on any atom is -0.316 e. The molecule has 0 amide bonds. The van der Waals surface area contributed by atoms with Gasteiger partial charge in [0, 0.05) is 0 Å². The minimum atomic E-state index is -3.26. The summed E-state index contributed by atoms with van der Waals surface area (Å²) in [6.45, 7) is 4.55. The van der Waals surface area contributed by atoms with Crippen molar-refractivity contribution in [1.82, 2.24) is 0 Å². The van der Waals surface area contributed by atoms with Gasteiger partial charge < -0.3 is 4.74 Å². The number of ether oxygens (including phenoxy) is 1. The second-order valence-corrected chi connectivity index (χ2v) is 11.8. The van der Waals surface area contributed by atoms with Crippen molar-refractivity contribution in [1.29, 1.82) is 0 Å². The zero-order valence-electron chi connectivity index (χ0n) is 23.2. The quantitative estimate of drug-likeness (QED) is 0.258. The maximum Gasteiger partial charge on any atom is 0.383 e. The molecule has 0 atom stereocenters. The fourth-order valence-corrected chi connectivity index (χ4v) is 6.66. The largest absolute Gasteiger partial charge is 0.383 e. The van der Waals surface area contributed by atoms with Crippen molar-refractivity contribution in [3.8, 4) is 0 Å². The van der Waals surface area contributed by atoms with E-state index in [2.05, 4.69) is 38.1 Å². The van der Waals surface area contributed by atoms with Crippen LogP contribution in [0.3, 0.4) is 0 Å². The van der Waals surface area contributed by atoms with E-state index in [1.54, 1.807) is 12.1 Å². The Balaban J connectivity index is 1.20. The van der Waals surface area contributed by atoms with Crippen LogP contribution >= 0.6 is 0 Å². The standard InChI is InChI=1S/C34H48F2O/c1-3-5-6-7-27-10-16-30(17-11-27)31-18-12-28(13-19-31)24-25-37-34(35,36)33-22-20-32(21-23-33)29-14-8-26(4-2)9-15-29/h12-13,18-23,26-27,29-30H,3-11,14-17,24-25H2,1-2H3. The molecule has 2 aromatic carbocycles. The molecule has 1 nitrogen and oxygen atoms in total. The Morgan fingerprint density at radius 2 is 1.24 bits per heavy atom. The van der Waals surface area contributed by atoms with Crippen LogP contribution in [0.2, 0.25) is 0 Å². The molecule has 2 saturated carbocycles. The van der Waals surface area contributed by atoms with Gasteiger partial charge in [-0.1, -0.05) is 94.5 Å². The molecule has 0 unspecified atom stereocenters. The predicted octanol–water partition coefficient (Wildman–Crippen LogP) is 10.5. The van der Waals surface area contributed by atoms with E-state index >= 15 is 0 Å². The number of hydrogen-bond donors (Lipinski definition) is 0. The number of halogens is 2. The van der Waals surface area contributed by atoms with E-state index in [4.69, 9.17) is 4.74 Å². The second-order valence-electron chi connectivity index (χ2n) is 11.8. The van der Waals surface area contributed by atoms with Gasteiger partial charge in [-0.2, -0.15) is 8.78 Å². The summed E-state index contributed by atoms with van der Waals surface area (Å²) in [4.78, 5) is 0. The zero-order chi connectivity index (χ0) is 26.1. The van der Waals surface area contributed by atoms with Crippen molar-refractivity contribution in [2.24, 2.45) is 11.8 Å². The number of rotatable bonds is 12. The van der Waals surface area contributed by atoms with Crippen molar-refractivity contribution in [2.75, 3.05) is 6.61 Å². The fourth-order valence-electron chi connectivity index (χ4n) is 6.66. The number of alkyl halides is 2. The van der Waals surface area contributed by atoms with Crippen LogP contribution in [-0.2, 0) is 17.3 Å². The molecule has 0 saturated heterocycles. The average Bonchev–Trinajstić information content (AvgIpc) is 2.94. The third-order valence-corrected chi connectivity index (χ3v) is 9.33. The molecule has 3 heteroatoms. The predicted molar refractivity (Wildman–Crippen MR) is 150 cm³/mol. The first kappa shape index (κ1) is 28.3. The lowest BCUT2D eigenvalue weighted by molar-refractivity contribution is -0.248. The SMILES string of the molecule is CCCCCC1CCC(c2ccc(CCOC(F)(F)c3ccc(C4CCC(CC)CC4)cc3)cc2)CC1. The summed E-state index contributed by atoms with van der Waals surface area (Å²) in [5, 5.41) is 0. The van der Waals surface area contributed by atoms with Crippen LogP contribution in [0.4, 0.5) is 8.78 Å². The van der Waals surface area contributed by atoms with Crippen molar-refractivity contribution in [3.63, 3.8) is 0 Å². The molecule has 2 aliphatic rings. The summed E-state index contributed by atoms with van der Waals surface area (Å²) in [5.41, 5.74) is 3.62. The maximum atomic E-state index is 14.7. The highest BCUT2D eigenvalue weighted by Crippen LogP contribution is 2.39. The highest BCUT2D eigenvalue weighted by molar-refractivity contribution is 5.28. The highest BCUT2D eigenvalue weighted by Gasteiger charge is 2.33. The molecule has 2 aliphatic carbocycles. The van der Waals surface area contributed by atoms with E-state index in [1.165, 1.54) is 94.6 Å². The molecule has 0 spiro atoms. The molecular formula is C34H48F2O. The molecule has 37 heavy (non-hydrogen) atoms. The van der Waals surface area contributed by atoms with Crippen LogP contribution in [0.1, 0.15) is 131 Å². The van der Waals surface area contributed by atoms with E-state index in [-0.39, 0.29) is 12.2 Å². The molecule has 0 radical (unpaired) electrons. The summed E-state index contributed by atoms with van der Waals surface area (Å²) in [5.74, 6) is 2.92. The monoisotopic (exact) mass is 510 g/mol. The van der Waals surface area contributed by atoms with E-state index < -0.39 is 6.11 Å². The van der Waals surface area contributed by atoms with Gasteiger partial charge in [-0.05, 0) is 98.1 Å². The van der Waals surface area contributed by atoms with E-state index in [1.807, 2.05) is 12.1 Å². The van der Waals surface area contributed by atoms with Crippen LogP contribution in [0.15, 0.2) is 48.5 Å². The van der Waals surface area contributed by atoms with Crippen LogP contribution in [-0.4, -0.2) is 6.61 Å². The zero-order valence-corrected chi connectivity index (χ0v) is 23.2. The van der Waals surface area contributed by atoms with Crippen molar-refractivity contribution >= 4 is 0 Å². The molecule has 2 fully saturated rings. The normalized spacial score (nSPS) is 24.8. The number of hydrogen-bond acceptors (Lipinski definition) is 1. The lowest BCUT2D eigenvalue weighted by atomic mass is 9.77. The molecule has 2 aromatic rings. The van der Waals surface area contributed by atoms with E-state index in [0.717, 1.165) is 17.4 Å². The van der Waals surface area contributed by atoms with E-state index in [9.17, 15) is 8.78 Å². The molecule has 0 bridgehead atoms. The third-order valence-electron chi connectivity index (χ3n) is 9.33. The van der Waals surface area contributed by atoms with Gasteiger partial charge in [0.1, 0.15) is 0 Å². The number of unbranched alkanes of at least 4 members (excludes halogenated alkanes) is 2. The first-order valence-electron chi connectivity index (χ1n) is 15.2. The first-order chi connectivity index (χ1) is 18.0. The Kier molecular flexibility index (Phi) is 10.6. The molecular weight excluding hydrogens is 462 g/mol. The Bertz CT molecular complexity index is 904. The van der Waals surface area contributed by atoms with Gasteiger partial charge in [0.15, 0.2) is 0 Å². The van der Waals surface area contributed by atoms with Crippen molar-refractivity contribution in [3.05, 3.63) is 70.8 Å². The van der Waals surface area contributed by atoms with Crippen molar-refractivity contribution in [2.45, 2.75) is 122 Å². The lowest BCUT2D eigenvalue weighted by Crippen LogP contribution is -2.20. The third kappa shape index (κ3) is 8.12. The molecule has 0 aliphatic heterocycles.